The van der Waals surface area contributed by atoms with Gasteiger partial charge in [0.25, 0.3) is 5.91 Å². The number of nitrogens with two attached hydrogens (primary N) is 1. The summed E-state index contributed by atoms with van der Waals surface area (Å²) in [7, 11) is 2.38. The largest absolute Gasteiger partial charge is 0.466 e. The lowest BCUT2D eigenvalue weighted by Crippen LogP contribution is -2.40. The van der Waals surface area contributed by atoms with Crippen molar-refractivity contribution in [2.45, 2.75) is 12.8 Å². The second-order valence-corrected chi connectivity index (χ2v) is 9.21. The zero-order valence-corrected chi connectivity index (χ0v) is 21.7. The lowest BCUT2D eigenvalue weighted by molar-refractivity contribution is -0.139. The molecule has 0 saturated carbocycles. The van der Waals surface area contributed by atoms with E-state index in [9.17, 15) is 19.6 Å². The van der Waals surface area contributed by atoms with Gasteiger partial charge in [-0.1, -0.05) is 36.4 Å². The monoisotopic (exact) mass is 528 g/mol. The van der Waals surface area contributed by atoms with Crippen LogP contribution >= 0.6 is 11.3 Å². The van der Waals surface area contributed by atoms with E-state index in [4.69, 9.17) is 15.2 Å². The Balaban J connectivity index is 1.89. The van der Waals surface area contributed by atoms with Crippen LogP contribution in [0.25, 0.3) is 0 Å². The Bertz CT molecular complexity index is 1500. The molecule has 1 aliphatic heterocycles. The zero-order valence-electron chi connectivity index (χ0n) is 20.8. The summed E-state index contributed by atoms with van der Waals surface area (Å²) in [6.45, 7) is 1.78. The number of nitrogens with one attached hydrogen (secondary N) is 1. The van der Waals surface area contributed by atoms with Gasteiger partial charge in [0.15, 0.2) is 0 Å². The van der Waals surface area contributed by atoms with Crippen LogP contribution < -0.4 is 16.0 Å². The molecule has 9 nitrogen and oxygen atoms in total. The van der Waals surface area contributed by atoms with Gasteiger partial charge in [0.05, 0.1) is 42.2 Å². The Labute approximate surface area is 223 Å². The Hall–Kier alpha value is -4.88. The average Bonchev–Trinajstić information content (AvgIpc) is 3.48. The number of thiophene rings is 1. The summed E-state index contributed by atoms with van der Waals surface area (Å²) in [6, 6.07) is 19.4. The minimum atomic E-state index is -0.954. The maximum absolute atomic E-state index is 13.2. The van der Waals surface area contributed by atoms with Gasteiger partial charge in [-0.15, -0.1) is 11.3 Å². The highest BCUT2D eigenvalue weighted by molar-refractivity contribution is 7.12. The quantitative estimate of drug-likeness (QED) is 0.455. The molecule has 4 rings (SSSR count). The van der Waals surface area contributed by atoms with Crippen molar-refractivity contribution in [1.82, 2.24) is 0 Å². The molecule has 3 N–H and O–H groups in total. The Morgan fingerprint density at radius 2 is 1.74 bits per heavy atom. The minimum Gasteiger partial charge on any atom is -0.466 e. The fourth-order valence-corrected chi connectivity index (χ4v) is 4.92. The molecule has 1 atom stereocenters. The third kappa shape index (κ3) is 4.75. The number of carbonyl (C=O) groups is 3. The standard InChI is InChI=1S/C28H24N4O5S/c1-16-14-18(11-12-20(16)31-26(33)21-10-7-13-38-21)32-24(28(35)37-3)23(27(34)36-2)22(19(15-29)25(32)30)17-8-5-4-6-9-17/h4-14,22H,30H2,1-3H3,(H,31,33). The van der Waals surface area contributed by atoms with Crippen molar-refractivity contribution < 1.29 is 23.9 Å². The lowest BCUT2D eigenvalue weighted by atomic mass is 9.81. The van der Waals surface area contributed by atoms with Gasteiger partial charge in [-0.3, -0.25) is 9.69 Å². The number of nitriles is 1. The SMILES string of the molecule is COC(=O)C1=C(C(=O)OC)N(c2ccc(NC(=O)c3cccs3)c(C)c2)C(N)=C(C#N)C1c1ccccc1. The predicted molar refractivity (Wildman–Crippen MR) is 143 cm³/mol. The normalized spacial score (nSPS) is 15.1. The first-order valence-electron chi connectivity index (χ1n) is 11.4. The van der Waals surface area contributed by atoms with Crippen LogP contribution in [-0.4, -0.2) is 32.1 Å². The smallest absolute Gasteiger partial charge is 0.355 e. The summed E-state index contributed by atoms with van der Waals surface area (Å²) in [5, 5.41) is 14.8. The van der Waals surface area contributed by atoms with Crippen molar-refractivity contribution in [3.63, 3.8) is 0 Å². The number of hydrogen-bond donors (Lipinski definition) is 2. The van der Waals surface area contributed by atoms with Crippen LogP contribution in [-0.2, 0) is 19.1 Å². The molecule has 1 amide bonds. The molecule has 3 aromatic rings. The number of anilines is 2. The van der Waals surface area contributed by atoms with Crippen LogP contribution in [0.4, 0.5) is 11.4 Å². The van der Waals surface area contributed by atoms with E-state index in [2.05, 4.69) is 11.4 Å². The number of methoxy groups -OCH3 is 2. The van der Waals surface area contributed by atoms with Crippen LogP contribution in [0.1, 0.15) is 26.7 Å². The van der Waals surface area contributed by atoms with Gasteiger partial charge in [0.1, 0.15) is 11.5 Å². The second-order valence-electron chi connectivity index (χ2n) is 8.27. The van der Waals surface area contributed by atoms with Crippen LogP contribution in [0.3, 0.4) is 0 Å². The number of benzene rings is 2. The number of rotatable bonds is 6. The van der Waals surface area contributed by atoms with E-state index < -0.39 is 17.9 Å². The number of aryl methyl sites for hydroxylation is 1. The number of carbonyl (C=O) groups excluding carboxylic acids is 3. The fourth-order valence-electron chi connectivity index (χ4n) is 4.30. The molecular formula is C28H24N4O5S. The number of hydrogen-bond acceptors (Lipinski definition) is 9. The van der Waals surface area contributed by atoms with Gasteiger partial charge in [-0.2, -0.15) is 5.26 Å². The Morgan fingerprint density at radius 3 is 2.32 bits per heavy atom. The van der Waals surface area contributed by atoms with E-state index in [0.29, 0.717) is 27.4 Å². The average molecular weight is 529 g/mol. The first kappa shape index (κ1) is 26.2. The molecule has 0 saturated heterocycles. The van der Waals surface area contributed by atoms with Crippen LogP contribution in [0.15, 0.2) is 88.7 Å². The van der Waals surface area contributed by atoms with Gasteiger partial charge in [-0.25, -0.2) is 9.59 Å². The summed E-state index contributed by atoms with van der Waals surface area (Å²) in [5.41, 5.74) is 8.53. The highest BCUT2D eigenvalue weighted by atomic mass is 32.1. The molecule has 38 heavy (non-hydrogen) atoms. The molecule has 0 aliphatic carbocycles. The maximum Gasteiger partial charge on any atom is 0.355 e. The number of amides is 1. The minimum absolute atomic E-state index is 0.0378. The number of esters is 2. The van der Waals surface area contributed by atoms with Crippen molar-refractivity contribution >= 4 is 40.6 Å². The molecule has 0 radical (unpaired) electrons. The van der Waals surface area contributed by atoms with E-state index in [-0.39, 0.29) is 28.6 Å². The number of allylic oxidation sites excluding steroid dienone is 1. The van der Waals surface area contributed by atoms with E-state index in [1.165, 1.54) is 30.5 Å². The van der Waals surface area contributed by atoms with Crippen molar-refractivity contribution in [3.05, 3.63) is 105 Å². The lowest BCUT2D eigenvalue weighted by Gasteiger charge is -2.36. The van der Waals surface area contributed by atoms with E-state index >= 15 is 0 Å². The molecule has 2 heterocycles. The predicted octanol–water partition coefficient (Wildman–Crippen LogP) is 4.21. The van der Waals surface area contributed by atoms with Crippen molar-refractivity contribution in [1.29, 1.82) is 5.26 Å². The van der Waals surface area contributed by atoms with Gasteiger partial charge < -0.3 is 20.5 Å². The molecule has 1 aliphatic rings. The molecule has 10 heteroatoms. The summed E-state index contributed by atoms with van der Waals surface area (Å²) in [4.78, 5) is 40.8. The molecular weight excluding hydrogens is 504 g/mol. The molecule has 1 unspecified atom stereocenters. The van der Waals surface area contributed by atoms with Gasteiger partial charge in [0.2, 0.25) is 0 Å². The number of nitrogens with zero attached hydrogens (tertiary/aromatic N) is 2. The first-order chi connectivity index (χ1) is 18.3. The van der Waals surface area contributed by atoms with Crippen molar-refractivity contribution in [2.24, 2.45) is 5.73 Å². The zero-order chi connectivity index (χ0) is 27.4. The Kier molecular flexibility index (Phi) is 7.60. The third-order valence-electron chi connectivity index (χ3n) is 6.07. The van der Waals surface area contributed by atoms with Crippen molar-refractivity contribution in [3.8, 4) is 6.07 Å². The van der Waals surface area contributed by atoms with Gasteiger partial charge in [-0.05, 0) is 47.7 Å². The molecule has 0 spiro atoms. The maximum atomic E-state index is 13.2. The summed E-state index contributed by atoms with van der Waals surface area (Å²) in [6.07, 6.45) is 0. The van der Waals surface area contributed by atoms with Crippen LogP contribution in [0.5, 0.6) is 0 Å². The summed E-state index contributed by atoms with van der Waals surface area (Å²) >= 11 is 1.32. The fraction of sp³-hybridized carbons (Fsp3) is 0.143. The molecule has 1 aromatic heterocycles. The topological polar surface area (TPSA) is 135 Å². The van der Waals surface area contributed by atoms with E-state index in [1.54, 1.807) is 67.6 Å². The molecule has 0 fully saturated rings. The highest BCUT2D eigenvalue weighted by Gasteiger charge is 2.43. The van der Waals surface area contributed by atoms with E-state index in [1.807, 2.05) is 5.38 Å². The Morgan fingerprint density at radius 1 is 1.03 bits per heavy atom. The van der Waals surface area contributed by atoms with E-state index in [0.717, 1.165) is 0 Å². The number of ether oxygens (including phenoxy) is 2. The first-order valence-corrected chi connectivity index (χ1v) is 12.3. The van der Waals surface area contributed by atoms with Crippen molar-refractivity contribution in [2.75, 3.05) is 24.4 Å². The van der Waals surface area contributed by atoms with Crippen LogP contribution in [0.2, 0.25) is 0 Å². The van der Waals surface area contributed by atoms with Gasteiger partial charge >= 0.3 is 11.9 Å². The third-order valence-corrected chi connectivity index (χ3v) is 6.94. The van der Waals surface area contributed by atoms with Crippen LogP contribution in [0, 0.1) is 18.3 Å². The summed E-state index contributed by atoms with van der Waals surface area (Å²) < 4.78 is 10.1. The molecule has 192 valence electrons. The summed E-state index contributed by atoms with van der Waals surface area (Å²) in [5.74, 6) is -2.89. The molecule has 0 bridgehead atoms. The second kappa shape index (κ2) is 11.0. The highest BCUT2D eigenvalue weighted by Crippen LogP contribution is 2.43. The van der Waals surface area contributed by atoms with Gasteiger partial charge in [0, 0.05) is 11.4 Å². The molecule has 2 aromatic carbocycles.